The molecule has 0 saturated carbocycles. The van der Waals surface area contributed by atoms with Crippen molar-refractivity contribution in [3.05, 3.63) is 241 Å². The summed E-state index contributed by atoms with van der Waals surface area (Å²) >= 11 is 0. The fraction of sp³-hybridized carbons (Fsp3) is 0.189. The maximum Gasteiger partial charge on any atom is 0.269 e. The number of nitrogens with zero attached hydrogens (tertiary/aromatic N) is 5. The first-order valence-electron chi connectivity index (χ1n) is 33.5. The van der Waals surface area contributed by atoms with Crippen molar-refractivity contribution in [3.63, 3.8) is 0 Å². The predicted octanol–water partition coefficient (Wildman–Crippen LogP) is 19.2. The van der Waals surface area contributed by atoms with Crippen molar-refractivity contribution in [1.82, 2.24) is 18.7 Å². The standard InChI is InChI=1S/C74H67N5O/c1-48(72(2,3)4)50-38-39-75-69(42-50)79-64-35-19-16-30-61(64)70-67(78-62-33-17-14-28-59(62)60-29-15-18-34-63(60)78)45-56(46-68(70)79)80-55-27-22-26-54(44-55)76-47-77(66-37-21-20-36-65(66)76)71-57(49-24-12-11-13-25-49)31-23-32-58(71)51-40-52(73(5,6)7)43-53(41-51)74(8,9)10/h11-46,48H,1-10H3/i11D,12D,13D,14D,15D,17D,18D,24D,25D,28D,29D,33D,34D. The topological polar surface area (TPSA) is 40.8 Å². The molecule has 9 aromatic carbocycles. The van der Waals surface area contributed by atoms with Crippen LogP contribution in [0.4, 0.5) is 0 Å². The Labute approximate surface area is 488 Å². The summed E-state index contributed by atoms with van der Waals surface area (Å²) in [5.41, 5.74) is 8.70. The predicted molar refractivity (Wildman–Crippen MR) is 333 cm³/mol. The van der Waals surface area contributed by atoms with Crippen molar-refractivity contribution in [2.24, 2.45) is 5.41 Å². The second kappa shape index (κ2) is 19.1. The van der Waals surface area contributed by atoms with Gasteiger partial charge in [0.25, 0.3) is 6.33 Å². The molecular formula is C74H67N5O. The van der Waals surface area contributed by atoms with Crippen LogP contribution in [0.15, 0.2) is 218 Å². The molecule has 394 valence electrons. The molecule has 0 amide bonds. The molecule has 0 spiro atoms. The molecule has 0 saturated heterocycles. The Morgan fingerprint density at radius 3 is 1.84 bits per heavy atom. The van der Waals surface area contributed by atoms with Gasteiger partial charge in [-0.1, -0.05) is 221 Å². The quantitative estimate of drug-likeness (QED) is 0.107. The van der Waals surface area contributed by atoms with E-state index in [-0.39, 0.29) is 67.4 Å². The Hall–Kier alpha value is -9.00. The molecule has 80 heavy (non-hydrogen) atoms. The number of ether oxygens (including phenoxy) is 1. The van der Waals surface area contributed by atoms with Crippen molar-refractivity contribution in [1.29, 1.82) is 0 Å². The first-order chi connectivity index (χ1) is 43.9. The number of pyridine rings is 1. The van der Waals surface area contributed by atoms with Gasteiger partial charge in [-0.2, -0.15) is 0 Å². The summed E-state index contributed by atoms with van der Waals surface area (Å²) in [6, 6.07) is 36.7. The molecular weight excluding hydrogens is 975 g/mol. The summed E-state index contributed by atoms with van der Waals surface area (Å²) in [5.74, 6) is 1.31. The van der Waals surface area contributed by atoms with E-state index in [0.29, 0.717) is 56.1 Å². The molecule has 0 bridgehead atoms. The van der Waals surface area contributed by atoms with Gasteiger partial charge < -0.3 is 9.30 Å². The van der Waals surface area contributed by atoms with Crippen molar-refractivity contribution < 1.29 is 27.1 Å². The minimum Gasteiger partial charge on any atom is -0.458 e. The van der Waals surface area contributed by atoms with Crippen molar-refractivity contribution >= 4 is 54.6 Å². The van der Waals surface area contributed by atoms with E-state index in [1.165, 1.54) is 4.57 Å². The van der Waals surface area contributed by atoms with Crippen molar-refractivity contribution in [2.45, 2.75) is 86.0 Å². The smallest absolute Gasteiger partial charge is 0.269 e. The van der Waals surface area contributed by atoms with Crippen LogP contribution < -0.4 is 9.30 Å². The molecule has 0 radical (unpaired) electrons. The number of imidazole rings is 1. The van der Waals surface area contributed by atoms with Gasteiger partial charge in [0.2, 0.25) is 0 Å². The third-order valence-corrected chi connectivity index (χ3v) is 15.7. The molecule has 13 aromatic rings. The zero-order valence-electron chi connectivity index (χ0n) is 59.5. The van der Waals surface area contributed by atoms with Crippen LogP contribution in [0, 0.1) is 11.7 Å². The number of hydrogen-bond donors (Lipinski definition) is 0. The average Bonchev–Trinajstić information content (AvgIpc) is 1.55. The van der Waals surface area contributed by atoms with Crippen LogP contribution in [-0.2, 0) is 10.8 Å². The van der Waals surface area contributed by atoms with E-state index < -0.39 is 66.5 Å². The summed E-state index contributed by atoms with van der Waals surface area (Å²) in [7, 11) is 0. The van der Waals surface area contributed by atoms with Gasteiger partial charge in [0.05, 0.1) is 68.0 Å². The van der Waals surface area contributed by atoms with Gasteiger partial charge in [-0.25, -0.2) is 4.98 Å². The van der Waals surface area contributed by atoms with Gasteiger partial charge in [0.1, 0.15) is 17.3 Å². The highest BCUT2D eigenvalue weighted by molar-refractivity contribution is 6.16. The van der Waals surface area contributed by atoms with Crippen LogP contribution in [0.25, 0.3) is 99.8 Å². The highest BCUT2D eigenvalue weighted by atomic mass is 16.5. The lowest BCUT2D eigenvalue weighted by atomic mass is 9.78. The number of aromatic nitrogens is 5. The Morgan fingerprint density at radius 2 is 1.15 bits per heavy atom. The van der Waals surface area contributed by atoms with Gasteiger partial charge in [-0.15, -0.1) is 0 Å². The average molecular weight is 1060 g/mol. The van der Waals surface area contributed by atoms with Crippen LogP contribution in [0.1, 0.15) is 110 Å². The molecule has 0 N–H and O–H groups in total. The maximum absolute atomic E-state index is 9.57. The van der Waals surface area contributed by atoms with E-state index in [2.05, 4.69) is 99.8 Å². The molecule has 0 aliphatic carbocycles. The van der Waals surface area contributed by atoms with Gasteiger partial charge in [-0.05, 0) is 110 Å². The number of para-hydroxylation sites is 6. The SMILES string of the molecule is [2H]c1c([2H])c([2H])c(-c2cccc(-c3cc(C(C)(C)C)cc(C(C)(C)C)c3)c2-[n+]2[c-]n(-c3cccc(Oc4cc(-n5c6c([2H])c([2H])c([2H])c([2H])c6c6c([2H])c([2H])c([2H])c([2H])c65)c5c6ccccc6n(-c6cc(C(C)C(C)(C)C)ccn6)c5c4)c3)c3ccccc32)c([2H])c1[2H]. The summed E-state index contributed by atoms with van der Waals surface area (Å²) in [6.45, 7) is 21.8. The van der Waals surface area contributed by atoms with E-state index in [1.54, 1.807) is 24.4 Å². The van der Waals surface area contributed by atoms with Crippen LogP contribution in [0.3, 0.4) is 0 Å². The molecule has 4 heterocycles. The molecule has 0 aliphatic rings. The fourth-order valence-corrected chi connectivity index (χ4v) is 11.0. The normalized spacial score (nSPS) is 15.1. The van der Waals surface area contributed by atoms with E-state index in [9.17, 15) is 8.22 Å². The first-order valence-corrected chi connectivity index (χ1v) is 27.0. The molecule has 0 aliphatic heterocycles. The maximum atomic E-state index is 9.57. The second-order valence-corrected chi connectivity index (χ2v) is 23.9. The number of fused-ring (bicyclic) bond motifs is 7. The summed E-state index contributed by atoms with van der Waals surface area (Å²) in [6.07, 6.45) is 5.46. The zero-order valence-corrected chi connectivity index (χ0v) is 46.5. The van der Waals surface area contributed by atoms with Gasteiger partial charge in [0.15, 0.2) is 0 Å². The lowest BCUT2D eigenvalue weighted by Gasteiger charge is -2.27. The molecule has 4 aromatic heterocycles. The fourth-order valence-electron chi connectivity index (χ4n) is 11.0. The molecule has 1 atom stereocenters. The summed E-state index contributed by atoms with van der Waals surface area (Å²) < 4.78 is 133. The van der Waals surface area contributed by atoms with E-state index in [0.717, 1.165) is 38.7 Å². The Bertz CT molecular complexity index is 5190. The minimum atomic E-state index is -0.550. The monoisotopic (exact) mass is 1050 g/mol. The van der Waals surface area contributed by atoms with E-state index >= 15 is 0 Å². The number of benzene rings is 9. The summed E-state index contributed by atoms with van der Waals surface area (Å²) in [4.78, 5) is 5.00. The van der Waals surface area contributed by atoms with Crippen molar-refractivity contribution in [3.8, 4) is 56.6 Å². The first kappa shape index (κ1) is 37.7. The van der Waals surface area contributed by atoms with Crippen LogP contribution >= 0.6 is 0 Å². The van der Waals surface area contributed by atoms with Crippen molar-refractivity contribution in [2.75, 3.05) is 0 Å². The number of hydrogen-bond acceptors (Lipinski definition) is 2. The van der Waals surface area contributed by atoms with Crippen LogP contribution in [0.2, 0.25) is 0 Å². The molecule has 6 nitrogen and oxygen atoms in total. The highest BCUT2D eigenvalue weighted by Gasteiger charge is 2.27. The van der Waals surface area contributed by atoms with Crippen LogP contribution in [-0.4, -0.2) is 18.7 Å². The minimum absolute atomic E-state index is 0.0361. The van der Waals surface area contributed by atoms with Gasteiger partial charge in [-0.3, -0.25) is 13.7 Å². The van der Waals surface area contributed by atoms with E-state index in [4.69, 9.17) is 19.3 Å². The van der Waals surface area contributed by atoms with Crippen LogP contribution in [0.5, 0.6) is 11.5 Å². The Kier molecular flexibility index (Phi) is 9.03. The van der Waals surface area contributed by atoms with Gasteiger partial charge in [0, 0.05) is 39.9 Å². The second-order valence-electron chi connectivity index (χ2n) is 23.9. The largest absolute Gasteiger partial charge is 0.458 e. The summed E-state index contributed by atoms with van der Waals surface area (Å²) in [5, 5.41) is 1.18. The van der Waals surface area contributed by atoms with E-state index in [1.807, 2.05) is 105 Å². The third-order valence-electron chi connectivity index (χ3n) is 15.7. The lowest BCUT2D eigenvalue weighted by Crippen LogP contribution is -2.31. The Balaban J connectivity index is 1.07. The molecule has 6 heteroatoms. The van der Waals surface area contributed by atoms with Gasteiger partial charge >= 0.3 is 0 Å². The number of rotatable bonds is 9. The third kappa shape index (κ3) is 8.75. The Morgan fingerprint density at radius 1 is 0.525 bits per heavy atom. The zero-order chi connectivity index (χ0) is 66.6. The molecule has 1 unspecified atom stereocenters. The highest BCUT2D eigenvalue weighted by Crippen LogP contribution is 2.45. The molecule has 13 rings (SSSR count). The molecule has 0 fully saturated rings. The lowest BCUT2D eigenvalue weighted by molar-refractivity contribution is -0.571.